The van der Waals surface area contributed by atoms with E-state index in [1.165, 1.54) is 0 Å². The summed E-state index contributed by atoms with van der Waals surface area (Å²) in [4.78, 5) is 19.5. The number of aromatic nitrogens is 2. The molecule has 29 heavy (non-hydrogen) atoms. The van der Waals surface area contributed by atoms with Crippen molar-refractivity contribution < 1.29 is 9.18 Å². The Hall–Kier alpha value is -3.13. The Kier molecular flexibility index (Phi) is 5.10. The molecule has 1 aromatic carbocycles. The molecule has 2 aromatic heterocycles. The van der Waals surface area contributed by atoms with Crippen molar-refractivity contribution in [3.8, 4) is 0 Å². The van der Waals surface area contributed by atoms with E-state index >= 15 is 0 Å². The number of carbonyl (C=O) groups is 1. The third-order valence-corrected chi connectivity index (χ3v) is 5.40. The first-order chi connectivity index (χ1) is 13.9. The van der Waals surface area contributed by atoms with Gasteiger partial charge in [0.1, 0.15) is 5.82 Å². The summed E-state index contributed by atoms with van der Waals surface area (Å²) in [7, 11) is 0. The molecular weight excluding hydrogens is 371 g/mol. The van der Waals surface area contributed by atoms with E-state index < -0.39 is 11.7 Å². The van der Waals surface area contributed by atoms with Crippen LogP contribution in [0.5, 0.6) is 0 Å². The van der Waals surface area contributed by atoms with Gasteiger partial charge in [-0.05, 0) is 50.1 Å². The Morgan fingerprint density at radius 3 is 2.76 bits per heavy atom. The van der Waals surface area contributed by atoms with Gasteiger partial charge < -0.3 is 27.1 Å². The van der Waals surface area contributed by atoms with Crippen molar-refractivity contribution in [3.05, 3.63) is 47.4 Å². The highest BCUT2D eigenvalue weighted by atomic mass is 19.1. The van der Waals surface area contributed by atoms with Crippen LogP contribution in [0.3, 0.4) is 0 Å². The van der Waals surface area contributed by atoms with E-state index in [9.17, 15) is 9.18 Å². The van der Waals surface area contributed by atoms with Gasteiger partial charge in [-0.2, -0.15) is 0 Å². The number of primary amides is 1. The number of H-pyrrole nitrogens is 1. The zero-order chi connectivity index (χ0) is 20.5. The molecule has 152 valence electrons. The molecule has 4 rings (SSSR count). The second kappa shape index (κ2) is 7.71. The first-order valence-corrected chi connectivity index (χ1v) is 9.79. The maximum Gasteiger partial charge on any atom is 0.252 e. The first-order valence-electron chi connectivity index (χ1n) is 9.79. The molecule has 1 saturated carbocycles. The quantitative estimate of drug-likeness (QED) is 0.452. The number of amides is 1. The van der Waals surface area contributed by atoms with E-state index in [2.05, 4.69) is 20.6 Å². The summed E-state index contributed by atoms with van der Waals surface area (Å²) >= 11 is 0. The summed E-state index contributed by atoms with van der Waals surface area (Å²) in [6.07, 6.45) is 3.85. The summed E-state index contributed by atoms with van der Waals surface area (Å²) in [6, 6.07) is 8.74. The van der Waals surface area contributed by atoms with Crippen molar-refractivity contribution in [2.75, 3.05) is 10.6 Å². The number of fused-ring (bicyclic) bond motifs is 1. The molecule has 7 nitrogen and oxygen atoms in total. The molecule has 0 aliphatic heterocycles. The Morgan fingerprint density at radius 2 is 2.00 bits per heavy atom. The SMILES string of the molecule is Cc1cc2cc(Nc3nc(N[C@@H]4CCCC[C@@H]4N)c(F)cc3C(N)=O)ccc2[nH]1. The molecule has 1 aliphatic carbocycles. The van der Waals surface area contributed by atoms with Gasteiger partial charge in [0.15, 0.2) is 11.6 Å². The van der Waals surface area contributed by atoms with Gasteiger partial charge in [-0.3, -0.25) is 4.79 Å². The number of hydrogen-bond donors (Lipinski definition) is 5. The van der Waals surface area contributed by atoms with Crippen LogP contribution < -0.4 is 22.1 Å². The van der Waals surface area contributed by atoms with Gasteiger partial charge >= 0.3 is 0 Å². The van der Waals surface area contributed by atoms with Crippen LogP contribution in [0.2, 0.25) is 0 Å². The number of nitrogens with zero attached hydrogens (tertiary/aromatic N) is 1. The first kappa shape index (κ1) is 19.2. The van der Waals surface area contributed by atoms with E-state index in [4.69, 9.17) is 11.5 Å². The molecule has 0 radical (unpaired) electrons. The fourth-order valence-electron chi connectivity index (χ4n) is 3.88. The highest BCUT2D eigenvalue weighted by Gasteiger charge is 2.24. The highest BCUT2D eigenvalue weighted by molar-refractivity contribution is 5.99. The van der Waals surface area contributed by atoms with Gasteiger partial charge in [0.25, 0.3) is 5.91 Å². The lowest BCUT2D eigenvalue weighted by Crippen LogP contribution is -2.43. The van der Waals surface area contributed by atoms with Gasteiger partial charge in [0.05, 0.1) is 5.56 Å². The van der Waals surface area contributed by atoms with Crippen molar-refractivity contribution >= 4 is 34.1 Å². The van der Waals surface area contributed by atoms with Crippen LogP contribution in [-0.4, -0.2) is 28.0 Å². The highest BCUT2D eigenvalue weighted by Crippen LogP contribution is 2.28. The molecule has 2 atom stereocenters. The lowest BCUT2D eigenvalue weighted by atomic mass is 9.91. The average Bonchev–Trinajstić information content (AvgIpc) is 3.05. The lowest BCUT2D eigenvalue weighted by molar-refractivity contribution is 0.100. The van der Waals surface area contributed by atoms with Gasteiger partial charge in [-0.1, -0.05) is 12.8 Å². The van der Waals surface area contributed by atoms with Crippen LogP contribution in [0, 0.1) is 12.7 Å². The largest absolute Gasteiger partial charge is 0.365 e. The van der Waals surface area contributed by atoms with Gasteiger partial charge in [-0.15, -0.1) is 0 Å². The third kappa shape index (κ3) is 4.02. The zero-order valence-corrected chi connectivity index (χ0v) is 16.3. The lowest BCUT2D eigenvalue weighted by Gasteiger charge is -2.30. The number of anilines is 3. The Labute approximate surface area is 168 Å². The van der Waals surface area contributed by atoms with E-state index in [1.54, 1.807) is 0 Å². The Balaban J connectivity index is 1.66. The number of benzene rings is 1. The maximum absolute atomic E-state index is 14.6. The molecule has 0 bridgehead atoms. The predicted molar refractivity (Wildman–Crippen MR) is 113 cm³/mol. The molecule has 7 N–H and O–H groups in total. The second-order valence-corrected chi connectivity index (χ2v) is 7.66. The fourth-order valence-corrected chi connectivity index (χ4v) is 3.88. The molecule has 8 heteroatoms. The Bertz CT molecular complexity index is 1060. The summed E-state index contributed by atoms with van der Waals surface area (Å²) in [5.74, 6) is -1.10. The minimum atomic E-state index is -0.751. The molecule has 0 saturated heterocycles. The number of aryl methyl sites for hydroxylation is 1. The number of rotatable bonds is 5. The molecule has 1 aliphatic rings. The van der Waals surface area contributed by atoms with Gasteiger partial charge in [-0.25, -0.2) is 9.37 Å². The number of halogens is 1. The number of nitrogens with one attached hydrogen (secondary N) is 3. The van der Waals surface area contributed by atoms with Crippen LogP contribution in [0.4, 0.5) is 21.7 Å². The van der Waals surface area contributed by atoms with Crippen molar-refractivity contribution in [1.29, 1.82) is 0 Å². The molecule has 1 fully saturated rings. The van der Waals surface area contributed by atoms with Crippen LogP contribution in [0.15, 0.2) is 30.3 Å². The number of aromatic amines is 1. The molecule has 0 spiro atoms. The molecular formula is C21H25FN6O. The van der Waals surface area contributed by atoms with Gasteiger partial charge in [0.2, 0.25) is 0 Å². The standard InChI is InChI=1S/C21H25FN6O/c1-11-8-12-9-13(6-7-17(12)25-11)26-20-14(19(24)29)10-15(22)21(28-20)27-18-5-3-2-4-16(18)23/h6-10,16,18,25H,2-5,23H2,1H3,(H2,24,29)(H2,26,27,28)/t16-,18+/m0/s1. The van der Waals surface area contributed by atoms with E-state index in [0.717, 1.165) is 54.0 Å². The van der Waals surface area contributed by atoms with E-state index in [0.29, 0.717) is 0 Å². The second-order valence-electron chi connectivity index (χ2n) is 7.66. The average molecular weight is 396 g/mol. The Morgan fingerprint density at radius 1 is 1.21 bits per heavy atom. The van der Waals surface area contributed by atoms with Crippen molar-refractivity contribution in [2.45, 2.75) is 44.7 Å². The van der Waals surface area contributed by atoms with Crippen LogP contribution in [-0.2, 0) is 0 Å². The minimum absolute atomic E-state index is 0.00802. The minimum Gasteiger partial charge on any atom is -0.365 e. The summed E-state index contributed by atoms with van der Waals surface area (Å²) in [6.45, 7) is 1.98. The van der Waals surface area contributed by atoms with Crippen molar-refractivity contribution in [2.24, 2.45) is 11.5 Å². The van der Waals surface area contributed by atoms with Crippen LogP contribution >= 0.6 is 0 Å². The van der Waals surface area contributed by atoms with Crippen LogP contribution in [0.1, 0.15) is 41.7 Å². The number of nitrogens with two attached hydrogens (primary N) is 2. The molecule has 1 amide bonds. The molecule has 3 aromatic rings. The number of pyridine rings is 1. The predicted octanol–water partition coefficient (Wildman–Crippen LogP) is 3.53. The number of hydrogen-bond acceptors (Lipinski definition) is 5. The normalized spacial score (nSPS) is 19.3. The van der Waals surface area contributed by atoms with Gasteiger partial charge in [0, 0.05) is 34.4 Å². The summed E-state index contributed by atoms with van der Waals surface area (Å²) in [5.41, 5.74) is 14.4. The van der Waals surface area contributed by atoms with Crippen molar-refractivity contribution in [1.82, 2.24) is 9.97 Å². The van der Waals surface area contributed by atoms with Crippen molar-refractivity contribution in [3.63, 3.8) is 0 Å². The fraction of sp³-hybridized carbons (Fsp3) is 0.333. The molecule has 0 unspecified atom stereocenters. The topological polar surface area (TPSA) is 122 Å². The summed E-state index contributed by atoms with van der Waals surface area (Å²) < 4.78 is 14.6. The van der Waals surface area contributed by atoms with E-state index in [1.807, 2.05) is 31.2 Å². The van der Waals surface area contributed by atoms with Crippen LogP contribution in [0.25, 0.3) is 10.9 Å². The smallest absolute Gasteiger partial charge is 0.252 e. The maximum atomic E-state index is 14.6. The van der Waals surface area contributed by atoms with E-state index in [-0.39, 0.29) is 29.3 Å². The zero-order valence-electron chi connectivity index (χ0n) is 16.3. The molecule has 2 heterocycles. The monoisotopic (exact) mass is 396 g/mol. The summed E-state index contributed by atoms with van der Waals surface area (Å²) in [5, 5.41) is 7.24. The third-order valence-electron chi connectivity index (χ3n) is 5.40. The number of carbonyl (C=O) groups excluding carboxylic acids is 1.